The zero-order valence-electron chi connectivity index (χ0n) is 13.7. The van der Waals surface area contributed by atoms with Gasteiger partial charge in [-0.05, 0) is 61.4 Å². The molecule has 0 radical (unpaired) electrons. The van der Waals surface area contributed by atoms with E-state index in [1.807, 2.05) is 4.90 Å². The Labute approximate surface area is 153 Å². The molecule has 2 aliphatic rings. The molecule has 128 valence electrons. The predicted molar refractivity (Wildman–Crippen MR) is 99.9 cm³/mol. The maximum atomic E-state index is 12.7. The number of nitrogens with one attached hydrogen (secondary N) is 1. The van der Waals surface area contributed by atoms with Crippen LogP contribution >= 0.6 is 28.3 Å². The first-order valence-electron chi connectivity index (χ1n) is 8.40. The second kappa shape index (κ2) is 8.50. The van der Waals surface area contributed by atoms with Crippen LogP contribution in [0, 0.1) is 11.8 Å². The molecule has 3 rings (SSSR count). The molecule has 1 aromatic rings. The smallest absolute Gasteiger partial charge is 0.223 e. The summed E-state index contributed by atoms with van der Waals surface area (Å²) in [7, 11) is 0. The van der Waals surface area contributed by atoms with Crippen molar-refractivity contribution in [1.29, 1.82) is 0 Å². The second-order valence-electron chi connectivity index (χ2n) is 6.73. The number of amides is 1. The summed E-state index contributed by atoms with van der Waals surface area (Å²) in [5.41, 5.74) is 2.66. The molecule has 1 aromatic carbocycles. The fourth-order valence-electron chi connectivity index (χ4n) is 3.69. The highest BCUT2D eigenvalue weighted by Gasteiger charge is 2.26. The van der Waals surface area contributed by atoms with Crippen molar-refractivity contribution >= 4 is 34.2 Å². The lowest BCUT2D eigenvalue weighted by Crippen LogP contribution is -2.39. The molecule has 2 heterocycles. The highest BCUT2D eigenvalue weighted by atomic mass is 79.9. The molecular formula is C18H26BrClN2O. The largest absolute Gasteiger partial charge is 0.338 e. The number of carbonyl (C=O) groups is 1. The molecule has 1 N–H and O–H groups in total. The summed E-state index contributed by atoms with van der Waals surface area (Å²) in [5, 5.41) is 3.46. The molecule has 0 aliphatic carbocycles. The van der Waals surface area contributed by atoms with Gasteiger partial charge in [-0.25, -0.2) is 0 Å². The highest BCUT2D eigenvalue weighted by molar-refractivity contribution is 9.10. The summed E-state index contributed by atoms with van der Waals surface area (Å²) in [5.74, 6) is 1.45. The number of piperidine rings is 1. The first kappa shape index (κ1) is 18.8. The monoisotopic (exact) mass is 400 g/mol. The van der Waals surface area contributed by atoms with Crippen molar-refractivity contribution < 1.29 is 4.79 Å². The summed E-state index contributed by atoms with van der Waals surface area (Å²) >= 11 is 3.63. The third kappa shape index (κ3) is 4.49. The van der Waals surface area contributed by atoms with Gasteiger partial charge in [0, 0.05) is 24.0 Å². The van der Waals surface area contributed by atoms with Gasteiger partial charge in [-0.1, -0.05) is 35.0 Å². The van der Waals surface area contributed by atoms with Gasteiger partial charge in [-0.2, -0.15) is 0 Å². The van der Waals surface area contributed by atoms with Crippen molar-refractivity contribution in [1.82, 2.24) is 10.2 Å². The molecule has 2 aliphatic heterocycles. The summed E-state index contributed by atoms with van der Waals surface area (Å²) in [6.45, 7) is 6.06. The van der Waals surface area contributed by atoms with Gasteiger partial charge in [-0.3, -0.25) is 4.79 Å². The summed E-state index contributed by atoms with van der Waals surface area (Å²) in [6, 6.07) is 6.33. The van der Waals surface area contributed by atoms with E-state index in [0.717, 1.165) is 37.1 Å². The molecule has 1 amide bonds. The van der Waals surface area contributed by atoms with E-state index in [4.69, 9.17) is 0 Å². The quantitative estimate of drug-likeness (QED) is 0.836. The van der Waals surface area contributed by atoms with E-state index < -0.39 is 0 Å². The maximum Gasteiger partial charge on any atom is 0.223 e. The molecule has 5 heteroatoms. The Morgan fingerprint density at radius 3 is 3.04 bits per heavy atom. The van der Waals surface area contributed by atoms with E-state index in [1.165, 1.54) is 24.0 Å². The van der Waals surface area contributed by atoms with Crippen molar-refractivity contribution in [2.45, 2.75) is 39.2 Å². The Morgan fingerprint density at radius 1 is 1.48 bits per heavy atom. The Kier molecular flexibility index (Phi) is 6.93. The number of halogens is 2. The minimum Gasteiger partial charge on any atom is -0.338 e. The van der Waals surface area contributed by atoms with E-state index >= 15 is 0 Å². The summed E-state index contributed by atoms with van der Waals surface area (Å²) in [4.78, 5) is 14.7. The van der Waals surface area contributed by atoms with Crippen molar-refractivity contribution in [3.63, 3.8) is 0 Å². The van der Waals surface area contributed by atoms with Crippen molar-refractivity contribution in [2.75, 3.05) is 19.6 Å². The topological polar surface area (TPSA) is 32.3 Å². The van der Waals surface area contributed by atoms with Crippen LogP contribution in [0.3, 0.4) is 0 Å². The molecule has 2 unspecified atom stereocenters. The number of hydrogen-bond acceptors (Lipinski definition) is 2. The standard InChI is InChI=1S/C18H25BrN2O.ClH/c1-13(15-5-3-8-20-11-15)10-18(22)21-9-7-14-4-2-6-17(19)16(14)12-21;/h2,4,6,13,15,20H,3,5,7-12H2,1H3;1H. The zero-order chi connectivity index (χ0) is 15.5. The van der Waals surface area contributed by atoms with Crippen LogP contribution in [0.25, 0.3) is 0 Å². The number of hydrogen-bond donors (Lipinski definition) is 1. The SMILES string of the molecule is CC(CC(=O)N1CCc2cccc(Br)c2C1)C1CCCNC1.Cl. The van der Waals surface area contributed by atoms with Gasteiger partial charge < -0.3 is 10.2 Å². The third-order valence-electron chi connectivity index (χ3n) is 5.20. The van der Waals surface area contributed by atoms with E-state index in [-0.39, 0.29) is 12.4 Å². The number of carbonyl (C=O) groups excluding carboxylic acids is 1. The van der Waals surface area contributed by atoms with Crippen molar-refractivity contribution in [3.8, 4) is 0 Å². The normalized spacial score (nSPS) is 22.0. The third-order valence-corrected chi connectivity index (χ3v) is 5.95. The first-order valence-corrected chi connectivity index (χ1v) is 9.19. The molecule has 1 fully saturated rings. The fraction of sp³-hybridized carbons (Fsp3) is 0.611. The lowest BCUT2D eigenvalue weighted by atomic mass is 9.85. The Balaban J connectivity index is 0.00000192. The van der Waals surface area contributed by atoms with Gasteiger partial charge in [0.05, 0.1) is 0 Å². The van der Waals surface area contributed by atoms with Gasteiger partial charge in [0.2, 0.25) is 5.91 Å². The highest BCUT2D eigenvalue weighted by Crippen LogP contribution is 2.28. The molecule has 1 saturated heterocycles. The molecular weight excluding hydrogens is 376 g/mol. The molecule has 0 aromatic heterocycles. The molecule has 2 atom stereocenters. The number of fused-ring (bicyclic) bond motifs is 1. The van der Waals surface area contributed by atoms with Crippen LogP contribution in [-0.2, 0) is 17.8 Å². The van der Waals surface area contributed by atoms with Gasteiger partial charge in [-0.15, -0.1) is 12.4 Å². The molecule has 0 saturated carbocycles. The Hall–Kier alpha value is -0.580. The Morgan fingerprint density at radius 2 is 2.30 bits per heavy atom. The lowest BCUT2D eigenvalue weighted by Gasteiger charge is -2.33. The van der Waals surface area contributed by atoms with Crippen LogP contribution in [0.1, 0.15) is 37.3 Å². The van der Waals surface area contributed by atoms with Gasteiger partial charge in [0.25, 0.3) is 0 Å². The zero-order valence-corrected chi connectivity index (χ0v) is 16.1. The van der Waals surface area contributed by atoms with Crippen molar-refractivity contribution in [3.05, 3.63) is 33.8 Å². The number of benzene rings is 1. The molecule has 0 spiro atoms. The molecule has 23 heavy (non-hydrogen) atoms. The predicted octanol–water partition coefficient (Wildman–Crippen LogP) is 3.78. The average molecular weight is 402 g/mol. The second-order valence-corrected chi connectivity index (χ2v) is 7.58. The first-order chi connectivity index (χ1) is 10.6. The average Bonchev–Trinajstić information content (AvgIpc) is 2.55. The molecule has 0 bridgehead atoms. The van der Waals surface area contributed by atoms with Crippen molar-refractivity contribution in [2.24, 2.45) is 11.8 Å². The van der Waals surface area contributed by atoms with E-state index in [1.54, 1.807) is 0 Å². The van der Waals surface area contributed by atoms with Crippen LogP contribution in [0.5, 0.6) is 0 Å². The lowest BCUT2D eigenvalue weighted by molar-refractivity contribution is -0.133. The van der Waals surface area contributed by atoms with Crippen LogP contribution in [-0.4, -0.2) is 30.4 Å². The number of rotatable bonds is 3. The van der Waals surface area contributed by atoms with Gasteiger partial charge >= 0.3 is 0 Å². The van der Waals surface area contributed by atoms with E-state index in [2.05, 4.69) is 46.4 Å². The maximum absolute atomic E-state index is 12.7. The Bertz CT molecular complexity index is 546. The van der Waals surface area contributed by atoms with Gasteiger partial charge in [0.1, 0.15) is 0 Å². The fourth-order valence-corrected chi connectivity index (χ4v) is 4.22. The van der Waals surface area contributed by atoms with Crippen LogP contribution in [0.4, 0.5) is 0 Å². The van der Waals surface area contributed by atoms with E-state index in [0.29, 0.717) is 24.2 Å². The van der Waals surface area contributed by atoms with E-state index in [9.17, 15) is 4.79 Å². The summed E-state index contributed by atoms with van der Waals surface area (Å²) in [6.07, 6.45) is 4.16. The van der Waals surface area contributed by atoms with Crippen LogP contribution < -0.4 is 5.32 Å². The summed E-state index contributed by atoms with van der Waals surface area (Å²) < 4.78 is 1.13. The van der Waals surface area contributed by atoms with Gasteiger partial charge in [0.15, 0.2) is 0 Å². The van der Waals surface area contributed by atoms with Crippen LogP contribution in [0.15, 0.2) is 22.7 Å². The minimum absolute atomic E-state index is 0. The van der Waals surface area contributed by atoms with Crippen LogP contribution in [0.2, 0.25) is 0 Å². The number of nitrogens with zero attached hydrogens (tertiary/aromatic N) is 1. The minimum atomic E-state index is 0. The molecule has 3 nitrogen and oxygen atoms in total.